The normalized spacial score (nSPS) is 11.5. The highest BCUT2D eigenvalue weighted by atomic mass is 16.5. The van der Waals surface area contributed by atoms with Crippen LogP contribution in [0.4, 0.5) is 0 Å². The fraction of sp³-hybridized carbons (Fsp3) is 0.333. The van der Waals surface area contributed by atoms with Crippen LogP contribution in [0, 0.1) is 6.92 Å². The number of rotatable bonds is 8. The van der Waals surface area contributed by atoms with E-state index in [1.165, 1.54) is 18.1 Å². The van der Waals surface area contributed by atoms with Crippen molar-refractivity contribution in [1.82, 2.24) is 10.6 Å². The minimum absolute atomic E-state index is 0.0897. The van der Waals surface area contributed by atoms with E-state index in [0.717, 1.165) is 17.7 Å². The zero-order chi connectivity index (χ0) is 18.9. The van der Waals surface area contributed by atoms with Crippen molar-refractivity contribution in [3.63, 3.8) is 0 Å². The predicted octanol–water partition coefficient (Wildman–Crippen LogP) is 2.93. The molecule has 1 unspecified atom stereocenters. The molecule has 1 atom stereocenters. The number of aryl methyl sites for hydroxylation is 1. The van der Waals surface area contributed by atoms with E-state index in [1.807, 2.05) is 36.4 Å². The molecule has 5 heteroatoms. The first-order valence-corrected chi connectivity index (χ1v) is 8.72. The van der Waals surface area contributed by atoms with Gasteiger partial charge in [-0.15, -0.1) is 0 Å². The molecule has 0 spiro atoms. The second kappa shape index (κ2) is 9.61. The van der Waals surface area contributed by atoms with Crippen molar-refractivity contribution < 1.29 is 14.3 Å². The van der Waals surface area contributed by atoms with E-state index in [-0.39, 0.29) is 24.3 Å². The SMILES string of the molecule is COc1ccc(C(CC(=O)NCCc2ccccc2C)NC(C)=O)cc1. The molecule has 0 aliphatic heterocycles. The Kier molecular flexibility index (Phi) is 7.21. The van der Waals surface area contributed by atoms with E-state index in [9.17, 15) is 9.59 Å². The molecule has 2 rings (SSSR count). The molecule has 0 aromatic heterocycles. The molecule has 0 radical (unpaired) electrons. The van der Waals surface area contributed by atoms with Crippen molar-refractivity contribution in [2.45, 2.75) is 32.7 Å². The largest absolute Gasteiger partial charge is 0.497 e. The molecule has 2 amide bonds. The molecule has 0 saturated carbocycles. The Labute approximate surface area is 154 Å². The van der Waals surface area contributed by atoms with Gasteiger partial charge < -0.3 is 15.4 Å². The van der Waals surface area contributed by atoms with Gasteiger partial charge in [0.15, 0.2) is 0 Å². The number of hydrogen-bond acceptors (Lipinski definition) is 3. The highest BCUT2D eigenvalue weighted by Gasteiger charge is 2.17. The third-order valence-corrected chi connectivity index (χ3v) is 4.26. The molecule has 0 saturated heterocycles. The second-order valence-electron chi connectivity index (χ2n) is 6.26. The van der Waals surface area contributed by atoms with Crippen molar-refractivity contribution in [2.75, 3.05) is 13.7 Å². The first-order chi connectivity index (χ1) is 12.5. The fourth-order valence-electron chi connectivity index (χ4n) is 2.82. The van der Waals surface area contributed by atoms with Gasteiger partial charge in [-0.25, -0.2) is 0 Å². The molecule has 138 valence electrons. The summed E-state index contributed by atoms with van der Waals surface area (Å²) in [6.07, 6.45) is 0.978. The molecule has 26 heavy (non-hydrogen) atoms. The van der Waals surface area contributed by atoms with Crippen molar-refractivity contribution in [3.05, 3.63) is 65.2 Å². The Morgan fingerprint density at radius 1 is 1.08 bits per heavy atom. The lowest BCUT2D eigenvalue weighted by molar-refractivity contribution is -0.122. The maximum atomic E-state index is 12.3. The van der Waals surface area contributed by atoms with Crippen LogP contribution in [0.2, 0.25) is 0 Å². The molecular formula is C21H26N2O3. The first-order valence-electron chi connectivity index (χ1n) is 8.72. The van der Waals surface area contributed by atoms with Gasteiger partial charge in [-0.2, -0.15) is 0 Å². The van der Waals surface area contributed by atoms with Crippen LogP contribution in [0.1, 0.15) is 36.1 Å². The summed E-state index contributed by atoms with van der Waals surface area (Å²) < 4.78 is 5.15. The molecular weight excluding hydrogens is 328 g/mol. The van der Waals surface area contributed by atoms with Crippen molar-refractivity contribution in [3.8, 4) is 5.75 Å². The molecule has 0 aliphatic rings. The van der Waals surface area contributed by atoms with Crippen LogP contribution in [0.3, 0.4) is 0 Å². The molecule has 0 heterocycles. The minimum Gasteiger partial charge on any atom is -0.497 e. The zero-order valence-corrected chi connectivity index (χ0v) is 15.5. The number of hydrogen-bond donors (Lipinski definition) is 2. The van der Waals surface area contributed by atoms with Gasteiger partial charge >= 0.3 is 0 Å². The predicted molar refractivity (Wildman–Crippen MR) is 102 cm³/mol. The van der Waals surface area contributed by atoms with Crippen molar-refractivity contribution in [2.24, 2.45) is 0 Å². The number of ether oxygens (including phenoxy) is 1. The van der Waals surface area contributed by atoms with Gasteiger partial charge in [0.05, 0.1) is 19.6 Å². The summed E-state index contributed by atoms with van der Waals surface area (Å²) in [7, 11) is 1.60. The summed E-state index contributed by atoms with van der Waals surface area (Å²) in [4.78, 5) is 23.8. The maximum Gasteiger partial charge on any atom is 0.222 e. The third kappa shape index (κ3) is 5.92. The van der Waals surface area contributed by atoms with Gasteiger partial charge in [0.1, 0.15) is 5.75 Å². The van der Waals surface area contributed by atoms with E-state index in [0.29, 0.717) is 6.54 Å². The van der Waals surface area contributed by atoms with E-state index >= 15 is 0 Å². The number of methoxy groups -OCH3 is 1. The highest BCUT2D eigenvalue weighted by molar-refractivity contribution is 5.79. The van der Waals surface area contributed by atoms with Crippen LogP contribution in [-0.2, 0) is 16.0 Å². The second-order valence-corrected chi connectivity index (χ2v) is 6.26. The summed E-state index contributed by atoms with van der Waals surface area (Å²) in [5.74, 6) is 0.477. The topological polar surface area (TPSA) is 67.4 Å². The van der Waals surface area contributed by atoms with Crippen molar-refractivity contribution >= 4 is 11.8 Å². The Morgan fingerprint density at radius 2 is 1.77 bits per heavy atom. The molecule has 2 aromatic carbocycles. The lowest BCUT2D eigenvalue weighted by Gasteiger charge is -2.18. The third-order valence-electron chi connectivity index (χ3n) is 4.26. The van der Waals surface area contributed by atoms with Gasteiger partial charge in [-0.3, -0.25) is 9.59 Å². The lowest BCUT2D eigenvalue weighted by atomic mass is 10.0. The number of amides is 2. The Bertz CT molecular complexity index is 741. The van der Waals surface area contributed by atoms with Gasteiger partial charge in [0.25, 0.3) is 0 Å². The smallest absolute Gasteiger partial charge is 0.222 e. The van der Waals surface area contributed by atoms with Crippen LogP contribution >= 0.6 is 0 Å². The summed E-state index contributed by atoms with van der Waals surface area (Å²) in [5, 5.41) is 5.78. The van der Waals surface area contributed by atoms with Crippen LogP contribution in [0.25, 0.3) is 0 Å². The van der Waals surface area contributed by atoms with E-state index < -0.39 is 0 Å². The van der Waals surface area contributed by atoms with Gasteiger partial charge in [0, 0.05) is 13.5 Å². The van der Waals surface area contributed by atoms with E-state index in [2.05, 4.69) is 29.7 Å². The molecule has 2 N–H and O–H groups in total. The Balaban J connectivity index is 1.93. The average Bonchev–Trinajstić information content (AvgIpc) is 2.62. The van der Waals surface area contributed by atoms with Crippen LogP contribution in [-0.4, -0.2) is 25.5 Å². The summed E-state index contributed by atoms with van der Waals surface area (Å²) in [6.45, 7) is 4.08. The number of nitrogens with one attached hydrogen (secondary N) is 2. The van der Waals surface area contributed by atoms with Crippen LogP contribution in [0.5, 0.6) is 5.75 Å². The standard InChI is InChI=1S/C21H26N2O3/c1-15-6-4-5-7-17(15)12-13-22-21(25)14-20(23-16(2)24)18-8-10-19(26-3)11-9-18/h4-11,20H,12-14H2,1-3H3,(H,22,25)(H,23,24). The number of carbonyl (C=O) groups excluding carboxylic acids is 2. The molecule has 5 nitrogen and oxygen atoms in total. The number of benzene rings is 2. The molecule has 0 bridgehead atoms. The number of carbonyl (C=O) groups is 2. The van der Waals surface area contributed by atoms with E-state index in [4.69, 9.17) is 4.74 Å². The summed E-state index contributed by atoms with van der Waals surface area (Å²) >= 11 is 0. The van der Waals surface area contributed by atoms with Gasteiger partial charge in [0.2, 0.25) is 11.8 Å². The highest BCUT2D eigenvalue weighted by Crippen LogP contribution is 2.20. The van der Waals surface area contributed by atoms with Crippen LogP contribution < -0.4 is 15.4 Å². The monoisotopic (exact) mass is 354 g/mol. The molecule has 0 fully saturated rings. The Hall–Kier alpha value is -2.82. The summed E-state index contributed by atoms with van der Waals surface area (Å²) in [6, 6.07) is 15.1. The van der Waals surface area contributed by atoms with Gasteiger partial charge in [-0.1, -0.05) is 36.4 Å². The molecule has 2 aromatic rings. The quantitative estimate of drug-likeness (QED) is 0.766. The lowest BCUT2D eigenvalue weighted by Crippen LogP contribution is -2.33. The minimum atomic E-state index is -0.364. The average molecular weight is 354 g/mol. The van der Waals surface area contributed by atoms with Crippen molar-refractivity contribution in [1.29, 1.82) is 0 Å². The zero-order valence-electron chi connectivity index (χ0n) is 15.5. The molecule has 0 aliphatic carbocycles. The van der Waals surface area contributed by atoms with E-state index in [1.54, 1.807) is 7.11 Å². The maximum absolute atomic E-state index is 12.3. The van der Waals surface area contributed by atoms with Crippen LogP contribution in [0.15, 0.2) is 48.5 Å². The first kappa shape index (κ1) is 19.5. The fourth-order valence-corrected chi connectivity index (χ4v) is 2.82. The summed E-state index contributed by atoms with van der Waals surface area (Å²) in [5.41, 5.74) is 3.31. The Morgan fingerprint density at radius 3 is 2.38 bits per heavy atom. The van der Waals surface area contributed by atoms with Gasteiger partial charge in [-0.05, 0) is 42.2 Å².